The highest BCUT2D eigenvalue weighted by Gasteiger charge is 2.21. The number of nitrogens with one attached hydrogen (secondary N) is 3. The number of hydrogen-bond donors (Lipinski definition) is 3. The Bertz CT molecular complexity index is 515. The number of nitrogens with zero attached hydrogens (tertiary/aromatic N) is 3. The predicted molar refractivity (Wildman–Crippen MR) is 119 cm³/mol. The SMILES string of the molecule is CCCCC(CC)CNC(=NCC(=O)N(C)C)NC1CCN(CC(=O)NC)CC1. The normalized spacial score (nSPS) is 16.9. The Balaban J connectivity index is 2.61. The number of unbranched alkanes of at least 4 members (excludes halogenated alkanes) is 1. The third kappa shape index (κ3) is 10.5. The number of likely N-dealkylation sites (tertiary alicyclic amines) is 1. The molecule has 1 aliphatic rings. The molecule has 2 amide bonds. The molecule has 3 N–H and O–H groups in total. The first-order chi connectivity index (χ1) is 13.9. The van der Waals surface area contributed by atoms with Crippen molar-refractivity contribution in [3.63, 3.8) is 0 Å². The molecule has 1 heterocycles. The van der Waals surface area contributed by atoms with Gasteiger partial charge in [-0.05, 0) is 25.2 Å². The van der Waals surface area contributed by atoms with Crippen LogP contribution in [-0.2, 0) is 9.59 Å². The number of aliphatic imine (C=N–C) groups is 1. The number of likely N-dealkylation sites (N-methyl/N-ethyl adjacent to an activating group) is 2. The molecule has 0 aliphatic carbocycles. The van der Waals surface area contributed by atoms with Gasteiger partial charge in [0.15, 0.2) is 5.96 Å². The van der Waals surface area contributed by atoms with Gasteiger partial charge in [-0.3, -0.25) is 14.5 Å². The number of rotatable bonds is 11. The summed E-state index contributed by atoms with van der Waals surface area (Å²) in [6.07, 6.45) is 6.69. The topological polar surface area (TPSA) is 89.1 Å². The first kappa shape index (κ1) is 25.2. The van der Waals surface area contributed by atoms with Crippen LogP contribution in [0.25, 0.3) is 0 Å². The minimum Gasteiger partial charge on any atom is -0.358 e. The molecule has 0 aromatic heterocycles. The molecule has 8 heteroatoms. The van der Waals surface area contributed by atoms with Crippen LogP contribution in [0.1, 0.15) is 52.4 Å². The van der Waals surface area contributed by atoms with Gasteiger partial charge in [-0.25, -0.2) is 4.99 Å². The third-order valence-corrected chi connectivity index (χ3v) is 5.55. The highest BCUT2D eigenvalue weighted by molar-refractivity contribution is 5.85. The average molecular weight is 411 g/mol. The molecule has 168 valence electrons. The Morgan fingerprint density at radius 1 is 1.21 bits per heavy atom. The van der Waals surface area contributed by atoms with Gasteiger partial charge in [0.1, 0.15) is 6.54 Å². The van der Waals surface area contributed by atoms with Crippen molar-refractivity contribution in [1.29, 1.82) is 0 Å². The van der Waals surface area contributed by atoms with Crippen molar-refractivity contribution in [1.82, 2.24) is 25.8 Å². The van der Waals surface area contributed by atoms with Crippen LogP contribution in [0.15, 0.2) is 4.99 Å². The second-order valence-electron chi connectivity index (χ2n) is 8.12. The van der Waals surface area contributed by atoms with E-state index in [-0.39, 0.29) is 18.4 Å². The highest BCUT2D eigenvalue weighted by Crippen LogP contribution is 2.12. The standard InChI is InChI=1S/C21H42N6O2/c1-6-8-9-17(7-2)14-23-21(24-15-20(29)26(4)5)25-18-10-12-27(13-11-18)16-19(28)22-3/h17-18H,6-16H2,1-5H3,(H,22,28)(H2,23,24,25). The van der Waals surface area contributed by atoms with E-state index in [2.05, 4.69) is 39.7 Å². The van der Waals surface area contributed by atoms with Crippen LogP contribution >= 0.6 is 0 Å². The average Bonchev–Trinajstić information content (AvgIpc) is 2.72. The summed E-state index contributed by atoms with van der Waals surface area (Å²) in [5.41, 5.74) is 0. The molecular formula is C21H42N6O2. The molecule has 1 saturated heterocycles. The second-order valence-corrected chi connectivity index (χ2v) is 8.12. The zero-order valence-electron chi connectivity index (χ0n) is 19.1. The summed E-state index contributed by atoms with van der Waals surface area (Å²) < 4.78 is 0. The van der Waals surface area contributed by atoms with Gasteiger partial charge in [0, 0.05) is 46.8 Å². The van der Waals surface area contributed by atoms with Crippen LogP contribution in [-0.4, -0.2) is 87.5 Å². The summed E-state index contributed by atoms with van der Waals surface area (Å²) in [6, 6.07) is 0.298. The minimum atomic E-state index is -0.00970. The van der Waals surface area contributed by atoms with E-state index >= 15 is 0 Å². The molecule has 0 bridgehead atoms. The molecular weight excluding hydrogens is 368 g/mol. The van der Waals surface area contributed by atoms with E-state index in [9.17, 15) is 9.59 Å². The van der Waals surface area contributed by atoms with E-state index in [0.717, 1.165) is 44.9 Å². The van der Waals surface area contributed by atoms with Gasteiger partial charge in [-0.15, -0.1) is 0 Å². The fraction of sp³-hybridized carbons (Fsp3) is 0.857. The quantitative estimate of drug-likeness (QED) is 0.350. The maximum absolute atomic E-state index is 12.0. The predicted octanol–water partition coefficient (Wildman–Crippen LogP) is 1.04. The van der Waals surface area contributed by atoms with Crippen molar-refractivity contribution in [2.24, 2.45) is 10.9 Å². The maximum atomic E-state index is 12.0. The van der Waals surface area contributed by atoms with Crippen molar-refractivity contribution in [3.8, 4) is 0 Å². The molecule has 1 fully saturated rings. The van der Waals surface area contributed by atoms with Crippen molar-refractivity contribution in [2.45, 2.75) is 58.4 Å². The number of hydrogen-bond acceptors (Lipinski definition) is 4. The Morgan fingerprint density at radius 2 is 1.90 bits per heavy atom. The van der Waals surface area contributed by atoms with Gasteiger partial charge in [0.05, 0.1) is 6.54 Å². The van der Waals surface area contributed by atoms with Crippen molar-refractivity contribution in [3.05, 3.63) is 0 Å². The largest absolute Gasteiger partial charge is 0.358 e. The number of guanidine groups is 1. The molecule has 0 spiro atoms. The van der Waals surface area contributed by atoms with Gasteiger partial charge in [-0.1, -0.05) is 33.1 Å². The van der Waals surface area contributed by atoms with E-state index in [0.29, 0.717) is 18.5 Å². The van der Waals surface area contributed by atoms with Crippen molar-refractivity contribution >= 4 is 17.8 Å². The Morgan fingerprint density at radius 3 is 2.45 bits per heavy atom. The number of piperidine rings is 1. The van der Waals surface area contributed by atoms with E-state index in [1.54, 1.807) is 26.0 Å². The molecule has 1 atom stereocenters. The van der Waals surface area contributed by atoms with Gasteiger partial charge in [-0.2, -0.15) is 0 Å². The van der Waals surface area contributed by atoms with Gasteiger partial charge in [0.25, 0.3) is 0 Å². The molecule has 1 aliphatic heterocycles. The number of carbonyl (C=O) groups excluding carboxylic acids is 2. The lowest BCUT2D eigenvalue weighted by atomic mass is 9.99. The Hall–Kier alpha value is -1.83. The summed E-state index contributed by atoms with van der Waals surface area (Å²) in [6.45, 7) is 7.67. The summed E-state index contributed by atoms with van der Waals surface area (Å²) in [7, 11) is 5.17. The monoisotopic (exact) mass is 410 g/mol. The Labute approximate surface area is 176 Å². The summed E-state index contributed by atoms with van der Waals surface area (Å²) in [5.74, 6) is 1.38. The molecule has 29 heavy (non-hydrogen) atoms. The molecule has 0 aromatic carbocycles. The zero-order chi connectivity index (χ0) is 21.6. The second kappa shape index (κ2) is 14.2. The zero-order valence-corrected chi connectivity index (χ0v) is 19.1. The lowest BCUT2D eigenvalue weighted by molar-refractivity contribution is -0.127. The van der Waals surface area contributed by atoms with Crippen LogP contribution in [0.5, 0.6) is 0 Å². The van der Waals surface area contributed by atoms with E-state index in [4.69, 9.17) is 0 Å². The molecule has 0 aromatic rings. The maximum Gasteiger partial charge on any atom is 0.243 e. The van der Waals surface area contributed by atoms with Gasteiger partial charge < -0.3 is 20.9 Å². The summed E-state index contributed by atoms with van der Waals surface area (Å²) in [4.78, 5) is 31.8. The smallest absolute Gasteiger partial charge is 0.243 e. The molecule has 0 radical (unpaired) electrons. The summed E-state index contributed by atoms with van der Waals surface area (Å²) in [5, 5.41) is 9.66. The van der Waals surface area contributed by atoms with Crippen molar-refractivity contribution in [2.75, 3.05) is 53.9 Å². The van der Waals surface area contributed by atoms with Crippen LogP contribution < -0.4 is 16.0 Å². The third-order valence-electron chi connectivity index (χ3n) is 5.55. The van der Waals surface area contributed by atoms with E-state index in [1.165, 1.54) is 19.3 Å². The van der Waals surface area contributed by atoms with E-state index < -0.39 is 0 Å². The first-order valence-corrected chi connectivity index (χ1v) is 11.1. The van der Waals surface area contributed by atoms with Crippen LogP contribution in [0.4, 0.5) is 0 Å². The van der Waals surface area contributed by atoms with Crippen LogP contribution in [0, 0.1) is 5.92 Å². The summed E-state index contributed by atoms with van der Waals surface area (Å²) >= 11 is 0. The fourth-order valence-corrected chi connectivity index (χ4v) is 3.34. The lowest BCUT2D eigenvalue weighted by Crippen LogP contribution is -2.50. The number of amides is 2. The first-order valence-electron chi connectivity index (χ1n) is 11.1. The van der Waals surface area contributed by atoms with Crippen LogP contribution in [0.2, 0.25) is 0 Å². The van der Waals surface area contributed by atoms with E-state index in [1.807, 2.05) is 0 Å². The Kier molecular flexibility index (Phi) is 12.3. The highest BCUT2D eigenvalue weighted by atomic mass is 16.2. The molecule has 0 saturated carbocycles. The fourth-order valence-electron chi connectivity index (χ4n) is 3.34. The molecule has 1 rings (SSSR count). The molecule has 8 nitrogen and oxygen atoms in total. The van der Waals surface area contributed by atoms with Gasteiger partial charge in [0.2, 0.25) is 11.8 Å². The van der Waals surface area contributed by atoms with Crippen molar-refractivity contribution < 1.29 is 9.59 Å². The van der Waals surface area contributed by atoms with Crippen LogP contribution in [0.3, 0.4) is 0 Å². The molecule has 1 unspecified atom stereocenters. The number of carbonyl (C=O) groups is 2. The van der Waals surface area contributed by atoms with Gasteiger partial charge >= 0.3 is 0 Å². The minimum absolute atomic E-state index is 0.00970. The lowest BCUT2D eigenvalue weighted by Gasteiger charge is -2.32.